The van der Waals surface area contributed by atoms with Crippen LogP contribution >= 0.6 is 0 Å². The van der Waals surface area contributed by atoms with Gasteiger partial charge in [-0.3, -0.25) is 9.69 Å². The molecule has 3 atom stereocenters. The van der Waals surface area contributed by atoms with Crippen molar-refractivity contribution in [3.63, 3.8) is 0 Å². The fourth-order valence-corrected chi connectivity index (χ4v) is 2.84. The third kappa shape index (κ3) is 3.43. The Morgan fingerprint density at radius 1 is 1.56 bits per heavy atom. The molecule has 18 heavy (non-hydrogen) atoms. The Hall–Kier alpha value is -0.650. The van der Waals surface area contributed by atoms with Gasteiger partial charge in [0.2, 0.25) is 5.91 Å². The number of nitrogens with zero attached hydrogens (tertiary/aromatic N) is 2. The van der Waals surface area contributed by atoms with Gasteiger partial charge in [0, 0.05) is 31.7 Å². The second-order valence-corrected chi connectivity index (χ2v) is 5.85. The van der Waals surface area contributed by atoms with Crippen molar-refractivity contribution < 1.29 is 4.79 Å². The van der Waals surface area contributed by atoms with Crippen LogP contribution in [0.2, 0.25) is 0 Å². The second-order valence-electron chi connectivity index (χ2n) is 5.85. The Labute approximate surface area is 111 Å². The lowest BCUT2D eigenvalue weighted by Gasteiger charge is -2.43. The number of nitrogens with one attached hydrogen (secondary N) is 1. The van der Waals surface area contributed by atoms with Gasteiger partial charge < -0.3 is 16.0 Å². The number of primary amides is 1. The van der Waals surface area contributed by atoms with E-state index in [1.807, 2.05) is 6.92 Å². The quantitative estimate of drug-likeness (QED) is 0.719. The first-order valence-corrected chi connectivity index (χ1v) is 6.73. The molecule has 1 saturated heterocycles. The molecule has 1 aliphatic rings. The Morgan fingerprint density at radius 3 is 2.61 bits per heavy atom. The predicted molar refractivity (Wildman–Crippen MR) is 74.4 cm³/mol. The molecule has 0 spiro atoms. The molecule has 0 bridgehead atoms. The average molecular weight is 256 g/mol. The third-order valence-electron chi connectivity index (χ3n) is 4.25. The van der Waals surface area contributed by atoms with Gasteiger partial charge in [0.05, 0.1) is 5.54 Å². The monoisotopic (exact) mass is 256 g/mol. The summed E-state index contributed by atoms with van der Waals surface area (Å²) >= 11 is 0. The first-order valence-electron chi connectivity index (χ1n) is 6.73. The van der Waals surface area contributed by atoms with Gasteiger partial charge >= 0.3 is 0 Å². The fraction of sp³-hybridized carbons (Fsp3) is 0.923. The molecule has 0 aromatic carbocycles. The summed E-state index contributed by atoms with van der Waals surface area (Å²) in [5, 5.41) is 3.06. The third-order valence-corrected chi connectivity index (χ3v) is 4.25. The summed E-state index contributed by atoms with van der Waals surface area (Å²) < 4.78 is 0. The Balaban J connectivity index is 2.64. The second kappa shape index (κ2) is 5.99. The van der Waals surface area contributed by atoms with Crippen LogP contribution in [-0.2, 0) is 4.79 Å². The molecule has 3 N–H and O–H groups in total. The highest BCUT2D eigenvalue weighted by atomic mass is 16.1. The SMILES string of the molecule is CNC(C)(CC(C)N1CCN(C)CC1C)C(N)=O. The fourth-order valence-electron chi connectivity index (χ4n) is 2.84. The van der Waals surface area contributed by atoms with E-state index in [1.165, 1.54) is 0 Å². The predicted octanol–water partition coefficient (Wildman–Crippen LogP) is -0.136. The standard InChI is InChI=1S/C13H28N4O/c1-10(8-13(3,15-4)12(14)18)17-7-6-16(5)9-11(17)2/h10-11,15H,6-9H2,1-5H3,(H2,14,18). The summed E-state index contributed by atoms with van der Waals surface area (Å²) in [5.74, 6) is -0.279. The van der Waals surface area contributed by atoms with Crippen LogP contribution in [0, 0.1) is 0 Å². The molecule has 1 heterocycles. The van der Waals surface area contributed by atoms with Crippen LogP contribution in [0.3, 0.4) is 0 Å². The van der Waals surface area contributed by atoms with E-state index >= 15 is 0 Å². The highest BCUT2D eigenvalue weighted by Gasteiger charge is 2.35. The summed E-state index contributed by atoms with van der Waals surface area (Å²) in [6.07, 6.45) is 0.743. The van der Waals surface area contributed by atoms with Crippen molar-refractivity contribution in [3.8, 4) is 0 Å². The average Bonchev–Trinajstić information content (AvgIpc) is 2.28. The number of rotatable bonds is 5. The number of nitrogens with two attached hydrogens (primary N) is 1. The molecule has 5 nitrogen and oxygen atoms in total. The van der Waals surface area contributed by atoms with Crippen LogP contribution < -0.4 is 11.1 Å². The van der Waals surface area contributed by atoms with E-state index in [2.05, 4.69) is 36.0 Å². The highest BCUT2D eigenvalue weighted by Crippen LogP contribution is 2.20. The molecular formula is C13H28N4O. The van der Waals surface area contributed by atoms with Crippen molar-refractivity contribution in [2.45, 2.75) is 44.8 Å². The van der Waals surface area contributed by atoms with E-state index < -0.39 is 5.54 Å². The highest BCUT2D eigenvalue weighted by molar-refractivity contribution is 5.84. The molecule has 1 fully saturated rings. The number of likely N-dealkylation sites (N-methyl/N-ethyl adjacent to an activating group) is 2. The molecule has 1 aliphatic heterocycles. The molecule has 106 valence electrons. The van der Waals surface area contributed by atoms with E-state index in [-0.39, 0.29) is 5.91 Å². The van der Waals surface area contributed by atoms with E-state index in [4.69, 9.17) is 5.73 Å². The van der Waals surface area contributed by atoms with Gasteiger partial charge in [0.15, 0.2) is 0 Å². The Kier molecular flexibility index (Phi) is 5.13. The Morgan fingerprint density at radius 2 is 2.17 bits per heavy atom. The molecule has 1 rings (SSSR count). The van der Waals surface area contributed by atoms with Crippen molar-refractivity contribution in [3.05, 3.63) is 0 Å². The topological polar surface area (TPSA) is 61.6 Å². The Bertz CT molecular complexity index is 297. The molecule has 1 amide bonds. The van der Waals surface area contributed by atoms with Crippen molar-refractivity contribution in [1.29, 1.82) is 0 Å². The van der Waals surface area contributed by atoms with E-state index in [9.17, 15) is 4.79 Å². The molecule has 0 radical (unpaired) electrons. The lowest BCUT2D eigenvalue weighted by molar-refractivity contribution is -0.124. The summed E-state index contributed by atoms with van der Waals surface area (Å²) in [5.41, 5.74) is 4.87. The minimum Gasteiger partial charge on any atom is -0.368 e. The zero-order valence-corrected chi connectivity index (χ0v) is 12.4. The van der Waals surface area contributed by atoms with E-state index in [0.717, 1.165) is 26.1 Å². The van der Waals surface area contributed by atoms with Gasteiger partial charge in [-0.1, -0.05) is 0 Å². The molecule has 0 aromatic heterocycles. The maximum Gasteiger partial charge on any atom is 0.237 e. The maximum atomic E-state index is 11.5. The molecule has 0 saturated carbocycles. The number of carbonyl (C=O) groups excluding carboxylic acids is 1. The largest absolute Gasteiger partial charge is 0.368 e. The van der Waals surface area contributed by atoms with Gasteiger partial charge in [-0.05, 0) is 41.3 Å². The van der Waals surface area contributed by atoms with Gasteiger partial charge in [0.25, 0.3) is 0 Å². The first kappa shape index (κ1) is 15.4. The molecule has 3 unspecified atom stereocenters. The van der Waals surface area contributed by atoms with Gasteiger partial charge in [0.1, 0.15) is 0 Å². The normalized spacial score (nSPS) is 27.7. The van der Waals surface area contributed by atoms with Crippen LogP contribution in [-0.4, -0.2) is 67.1 Å². The van der Waals surface area contributed by atoms with Crippen LogP contribution in [0.15, 0.2) is 0 Å². The smallest absolute Gasteiger partial charge is 0.237 e. The molecule has 0 aromatic rings. The number of hydrogen-bond acceptors (Lipinski definition) is 4. The van der Waals surface area contributed by atoms with E-state index in [0.29, 0.717) is 12.1 Å². The summed E-state index contributed by atoms with van der Waals surface area (Å²) in [4.78, 5) is 16.4. The summed E-state index contributed by atoms with van der Waals surface area (Å²) in [6, 6.07) is 0.867. The lowest BCUT2D eigenvalue weighted by atomic mass is 9.91. The summed E-state index contributed by atoms with van der Waals surface area (Å²) in [7, 11) is 3.95. The minimum absolute atomic E-state index is 0.279. The van der Waals surface area contributed by atoms with Crippen molar-refractivity contribution in [1.82, 2.24) is 15.1 Å². The van der Waals surface area contributed by atoms with Crippen molar-refractivity contribution >= 4 is 5.91 Å². The minimum atomic E-state index is -0.623. The van der Waals surface area contributed by atoms with Crippen LogP contribution in [0.1, 0.15) is 27.2 Å². The molecular weight excluding hydrogens is 228 g/mol. The van der Waals surface area contributed by atoms with E-state index in [1.54, 1.807) is 7.05 Å². The van der Waals surface area contributed by atoms with Crippen LogP contribution in [0.4, 0.5) is 0 Å². The van der Waals surface area contributed by atoms with Crippen molar-refractivity contribution in [2.75, 3.05) is 33.7 Å². The zero-order valence-electron chi connectivity index (χ0n) is 12.4. The van der Waals surface area contributed by atoms with Crippen LogP contribution in [0.5, 0.6) is 0 Å². The lowest BCUT2D eigenvalue weighted by Crippen LogP contribution is -2.59. The summed E-state index contributed by atoms with van der Waals surface area (Å²) in [6.45, 7) is 9.52. The van der Waals surface area contributed by atoms with Gasteiger partial charge in [-0.15, -0.1) is 0 Å². The number of amides is 1. The number of carbonyl (C=O) groups is 1. The van der Waals surface area contributed by atoms with Crippen molar-refractivity contribution in [2.24, 2.45) is 5.73 Å². The number of hydrogen-bond donors (Lipinski definition) is 2. The molecule has 5 heteroatoms. The number of piperazine rings is 1. The molecule has 0 aliphatic carbocycles. The van der Waals surface area contributed by atoms with Crippen LogP contribution in [0.25, 0.3) is 0 Å². The van der Waals surface area contributed by atoms with Gasteiger partial charge in [-0.25, -0.2) is 0 Å². The van der Waals surface area contributed by atoms with Gasteiger partial charge in [-0.2, -0.15) is 0 Å². The first-order chi connectivity index (χ1) is 8.30. The maximum absolute atomic E-state index is 11.5. The zero-order chi connectivity index (χ0) is 13.9.